The first kappa shape index (κ1) is 17.7. The van der Waals surface area contributed by atoms with E-state index in [4.69, 9.17) is 9.47 Å². The molecule has 0 spiro atoms. The van der Waals surface area contributed by atoms with Gasteiger partial charge in [-0.05, 0) is 32.4 Å². The number of nitrogens with one attached hydrogen (secondary N) is 1. The SMILES string of the molecule is CCOc1ccc(S(=O)(=O)NCC(O)CC)cc1OCC. The molecule has 2 N–H and O–H groups in total. The van der Waals surface area contributed by atoms with Crippen molar-refractivity contribution >= 4 is 10.0 Å². The average Bonchev–Trinajstić information content (AvgIpc) is 2.47. The fourth-order valence-corrected chi connectivity index (χ4v) is 2.72. The van der Waals surface area contributed by atoms with Crippen molar-refractivity contribution in [2.45, 2.75) is 38.2 Å². The Morgan fingerprint density at radius 1 is 1.14 bits per heavy atom. The average molecular weight is 317 g/mol. The van der Waals surface area contributed by atoms with E-state index in [1.807, 2.05) is 13.8 Å². The molecule has 1 rings (SSSR count). The van der Waals surface area contributed by atoms with E-state index in [1.54, 1.807) is 13.0 Å². The van der Waals surface area contributed by atoms with Gasteiger partial charge in [-0.2, -0.15) is 0 Å². The molecule has 0 amide bonds. The number of aliphatic hydroxyl groups is 1. The summed E-state index contributed by atoms with van der Waals surface area (Å²) in [6.45, 7) is 6.29. The largest absolute Gasteiger partial charge is 0.490 e. The summed E-state index contributed by atoms with van der Waals surface area (Å²) >= 11 is 0. The van der Waals surface area contributed by atoms with Crippen LogP contribution in [0, 0.1) is 0 Å². The number of ether oxygens (including phenoxy) is 2. The van der Waals surface area contributed by atoms with Crippen molar-refractivity contribution in [2.75, 3.05) is 19.8 Å². The maximum absolute atomic E-state index is 12.2. The minimum Gasteiger partial charge on any atom is -0.490 e. The maximum Gasteiger partial charge on any atom is 0.240 e. The van der Waals surface area contributed by atoms with Crippen LogP contribution in [0.1, 0.15) is 27.2 Å². The molecule has 21 heavy (non-hydrogen) atoms. The fraction of sp³-hybridized carbons (Fsp3) is 0.571. The number of rotatable bonds is 9. The first-order chi connectivity index (χ1) is 9.94. The van der Waals surface area contributed by atoms with Gasteiger partial charge in [-0.3, -0.25) is 0 Å². The minimum atomic E-state index is -3.68. The van der Waals surface area contributed by atoms with Crippen LogP contribution in [0.4, 0.5) is 0 Å². The van der Waals surface area contributed by atoms with Gasteiger partial charge >= 0.3 is 0 Å². The van der Waals surface area contributed by atoms with E-state index in [-0.39, 0.29) is 11.4 Å². The second-order valence-corrected chi connectivity index (χ2v) is 6.16. The lowest BCUT2D eigenvalue weighted by molar-refractivity contribution is 0.174. The Hall–Kier alpha value is -1.31. The molecule has 0 saturated carbocycles. The molecule has 1 aromatic carbocycles. The molecule has 0 aliphatic heterocycles. The number of benzene rings is 1. The van der Waals surface area contributed by atoms with E-state index in [0.29, 0.717) is 31.1 Å². The standard InChI is InChI=1S/C14H23NO5S/c1-4-11(16)10-15-21(17,18)12-7-8-13(19-5-2)14(9-12)20-6-3/h7-9,11,15-16H,4-6,10H2,1-3H3. The summed E-state index contributed by atoms with van der Waals surface area (Å²) in [6.07, 6.45) is -0.218. The normalized spacial score (nSPS) is 13.0. The third-order valence-corrected chi connectivity index (χ3v) is 4.23. The van der Waals surface area contributed by atoms with Crippen molar-refractivity contribution in [1.29, 1.82) is 0 Å². The molecule has 0 fully saturated rings. The van der Waals surface area contributed by atoms with Gasteiger partial charge in [0.25, 0.3) is 0 Å². The molecule has 0 bridgehead atoms. The van der Waals surface area contributed by atoms with Crippen molar-refractivity contribution < 1.29 is 23.0 Å². The van der Waals surface area contributed by atoms with Gasteiger partial charge in [0.1, 0.15) is 0 Å². The summed E-state index contributed by atoms with van der Waals surface area (Å²) in [5.74, 6) is 0.894. The van der Waals surface area contributed by atoms with Crippen molar-refractivity contribution in [3.05, 3.63) is 18.2 Å². The Labute approximate surface area is 126 Å². The summed E-state index contributed by atoms with van der Waals surface area (Å²) in [6, 6.07) is 4.45. The Morgan fingerprint density at radius 3 is 2.33 bits per heavy atom. The molecular weight excluding hydrogens is 294 g/mol. The summed E-state index contributed by atoms with van der Waals surface area (Å²) < 4.78 is 37.5. The summed E-state index contributed by atoms with van der Waals surface area (Å²) in [5.41, 5.74) is 0. The molecule has 6 nitrogen and oxygen atoms in total. The van der Waals surface area contributed by atoms with Crippen LogP contribution in [0.25, 0.3) is 0 Å². The highest BCUT2D eigenvalue weighted by Gasteiger charge is 2.18. The van der Waals surface area contributed by atoms with Crippen LogP contribution in [0.3, 0.4) is 0 Å². The topological polar surface area (TPSA) is 84.9 Å². The zero-order chi connectivity index (χ0) is 15.9. The van der Waals surface area contributed by atoms with Crippen LogP contribution >= 0.6 is 0 Å². The van der Waals surface area contributed by atoms with Crippen molar-refractivity contribution in [1.82, 2.24) is 4.72 Å². The first-order valence-corrected chi connectivity index (χ1v) is 8.50. The predicted molar refractivity (Wildman–Crippen MR) is 80.3 cm³/mol. The van der Waals surface area contributed by atoms with Crippen LogP contribution in [-0.2, 0) is 10.0 Å². The summed E-state index contributed by atoms with van der Waals surface area (Å²) in [7, 11) is -3.68. The molecule has 0 aliphatic carbocycles. The van der Waals surface area contributed by atoms with Gasteiger partial charge in [-0.15, -0.1) is 0 Å². The van der Waals surface area contributed by atoms with Gasteiger partial charge < -0.3 is 14.6 Å². The third-order valence-electron chi connectivity index (χ3n) is 2.81. The molecule has 1 unspecified atom stereocenters. The zero-order valence-corrected chi connectivity index (χ0v) is 13.4. The van der Waals surface area contributed by atoms with Crippen molar-refractivity contribution in [2.24, 2.45) is 0 Å². The number of hydrogen-bond acceptors (Lipinski definition) is 5. The first-order valence-electron chi connectivity index (χ1n) is 7.01. The molecule has 0 saturated heterocycles. The number of sulfonamides is 1. The lowest BCUT2D eigenvalue weighted by Gasteiger charge is -2.14. The van der Waals surface area contributed by atoms with Gasteiger partial charge in [0, 0.05) is 12.6 Å². The number of hydrogen-bond donors (Lipinski definition) is 2. The maximum atomic E-state index is 12.2. The van der Waals surface area contributed by atoms with E-state index in [1.165, 1.54) is 12.1 Å². The fourth-order valence-electron chi connectivity index (χ4n) is 1.63. The lowest BCUT2D eigenvalue weighted by Crippen LogP contribution is -2.31. The molecule has 0 aliphatic rings. The Morgan fingerprint density at radius 2 is 1.76 bits per heavy atom. The van der Waals surface area contributed by atoms with Gasteiger partial charge in [-0.25, -0.2) is 13.1 Å². The second-order valence-electron chi connectivity index (χ2n) is 4.39. The molecule has 7 heteroatoms. The van der Waals surface area contributed by atoms with Crippen LogP contribution in [0.2, 0.25) is 0 Å². The molecule has 1 atom stereocenters. The minimum absolute atomic E-state index is 0.0178. The quantitative estimate of drug-likeness (QED) is 0.721. The van der Waals surface area contributed by atoms with Gasteiger partial charge in [0.2, 0.25) is 10.0 Å². The third kappa shape index (κ3) is 5.18. The van der Waals surface area contributed by atoms with E-state index in [0.717, 1.165) is 0 Å². The number of aliphatic hydroxyl groups excluding tert-OH is 1. The highest BCUT2D eigenvalue weighted by Crippen LogP contribution is 2.30. The highest BCUT2D eigenvalue weighted by atomic mass is 32.2. The summed E-state index contributed by atoms with van der Waals surface area (Å²) in [5, 5.41) is 9.45. The molecule has 1 aromatic rings. The van der Waals surface area contributed by atoms with Crippen molar-refractivity contribution in [3.8, 4) is 11.5 Å². The van der Waals surface area contributed by atoms with Gasteiger partial charge in [0.15, 0.2) is 11.5 Å². The smallest absolute Gasteiger partial charge is 0.240 e. The monoisotopic (exact) mass is 317 g/mol. The molecule has 0 heterocycles. The van der Waals surface area contributed by atoms with Crippen LogP contribution in [0.15, 0.2) is 23.1 Å². The Bertz CT molecular complexity index is 544. The van der Waals surface area contributed by atoms with Crippen LogP contribution < -0.4 is 14.2 Å². The second kappa shape index (κ2) is 8.21. The van der Waals surface area contributed by atoms with Crippen LogP contribution in [-0.4, -0.2) is 39.4 Å². The van der Waals surface area contributed by atoms with Crippen molar-refractivity contribution in [3.63, 3.8) is 0 Å². The molecule has 0 aromatic heterocycles. The van der Waals surface area contributed by atoms with Gasteiger partial charge in [0.05, 0.1) is 24.2 Å². The van der Waals surface area contributed by atoms with E-state index >= 15 is 0 Å². The molecule has 0 radical (unpaired) electrons. The van der Waals surface area contributed by atoms with E-state index < -0.39 is 16.1 Å². The Balaban J connectivity index is 2.98. The molecule has 120 valence electrons. The zero-order valence-electron chi connectivity index (χ0n) is 12.6. The van der Waals surface area contributed by atoms with E-state index in [9.17, 15) is 13.5 Å². The predicted octanol–water partition coefficient (Wildman–Crippen LogP) is 1.53. The highest BCUT2D eigenvalue weighted by molar-refractivity contribution is 7.89. The Kier molecular flexibility index (Phi) is 6.94. The lowest BCUT2D eigenvalue weighted by atomic mass is 10.3. The van der Waals surface area contributed by atoms with Gasteiger partial charge in [-0.1, -0.05) is 6.92 Å². The van der Waals surface area contributed by atoms with Crippen LogP contribution in [0.5, 0.6) is 11.5 Å². The molecular formula is C14H23NO5S. The van der Waals surface area contributed by atoms with E-state index in [2.05, 4.69) is 4.72 Å². The summed E-state index contributed by atoms with van der Waals surface area (Å²) in [4.78, 5) is 0.0812.